The van der Waals surface area contributed by atoms with Crippen LogP contribution in [0.2, 0.25) is 0 Å². The normalized spacial score (nSPS) is 16.9. The van der Waals surface area contributed by atoms with E-state index in [1.807, 2.05) is 25.1 Å². The second-order valence-electron chi connectivity index (χ2n) is 9.60. The first-order valence-corrected chi connectivity index (χ1v) is 13.5. The van der Waals surface area contributed by atoms with E-state index in [1.54, 1.807) is 12.1 Å². The number of hydrogen-bond donors (Lipinski definition) is 2. The van der Waals surface area contributed by atoms with Crippen molar-refractivity contribution < 1.29 is 27.6 Å². The molecule has 36 heavy (non-hydrogen) atoms. The molecule has 0 aliphatic carbocycles. The van der Waals surface area contributed by atoms with E-state index in [1.165, 1.54) is 28.8 Å². The molecule has 1 aliphatic rings. The van der Waals surface area contributed by atoms with E-state index >= 15 is 0 Å². The molecule has 3 aromatic carbocycles. The monoisotopic (exact) mass is 512 g/mol. The van der Waals surface area contributed by atoms with Gasteiger partial charge in [0.1, 0.15) is 23.7 Å². The maximum Gasteiger partial charge on any atom is 0.294 e. The van der Waals surface area contributed by atoms with Crippen LogP contribution in [0.3, 0.4) is 0 Å². The molecule has 1 unspecified atom stereocenters. The van der Waals surface area contributed by atoms with Crippen LogP contribution < -0.4 is 9.47 Å². The van der Waals surface area contributed by atoms with E-state index in [2.05, 4.69) is 39.8 Å². The minimum Gasteiger partial charge on any atom is -0.488 e. The number of aryl methyl sites for hydroxylation is 1. The lowest BCUT2D eigenvalue weighted by atomic mass is 9.86. The Morgan fingerprint density at radius 1 is 0.944 bits per heavy atom. The van der Waals surface area contributed by atoms with Gasteiger partial charge in [-0.2, -0.15) is 8.42 Å². The lowest BCUT2D eigenvalue weighted by molar-refractivity contribution is 0.0377. The minimum atomic E-state index is -4.02. The van der Waals surface area contributed by atoms with Gasteiger partial charge >= 0.3 is 0 Å². The third kappa shape index (κ3) is 6.66. The highest BCUT2D eigenvalue weighted by atomic mass is 32.2. The van der Waals surface area contributed by atoms with Crippen molar-refractivity contribution in [1.29, 1.82) is 0 Å². The third-order valence-electron chi connectivity index (χ3n) is 6.75. The number of hydrogen-bond acceptors (Lipinski definition) is 5. The van der Waals surface area contributed by atoms with E-state index in [0.717, 1.165) is 41.0 Å². The third-order valence-corrected chi connectivity index (χ3v) is 7.62. The van der Waals surface area contributed by atoms with E-state index in [0.29, 0.717) is 13.0 Å². The van der Waals surface area contributed by atoms with Crippen molar-refractivity contribution in [2.24, 2.45) is 0 Å². The molecule has 0 bridgehead atoms. The maximum absolute atomic E-state index is 10.5. The second kappa shape index (κ2) is 11.5. The van der Waals surface area contributed by atoms with Gasteiger partial charge in [0.15, 0.2) is 0 Å². The Balaban J connectivity index is 0.000000275. The van der Waals surface area contributed by atoms with Gasteiger partial charge in [0.2, 0.25) is 0 Å². The number of ether oxygens (including phenoxy) is 2. The van der Waals surface area contributed by atoms with E-state index in [-0.39, 0.29) is 17.1 Å². The quantitative estimate of drug-likeness (QED) is 0.400. The first-order chi connectivity index (χ1) is 16.9. The summed E-state index contributed by atoms with van der Waals surface area (Å²) >= 11 is 0. The molecule has 0 radical (unpaired) electrons. The van der Waals surface area contributed by atoms with Crippen molar-refractivity contribution in [3.8, 4) is 11.5 Å². The minimum absolute atomic E-state index is 0.0666. The summed E-state index contributed by atoms with van der Waals surface area (Å²) in [6.07, 6.45) is 2.54. The zero-order chi connectivity index (χ0) is 26.5. The van der Waals surface area contributed by atoms with Gasteiger partial charge < -0.3 is 14.6 Å². The summed E-state index contributed by atoms with van der Waals surface area (Å²) in [7, 11) is -4.02. The summed E-state index contributed by atoms with van der Waals surface area (Å²) in [5, 5.41) is 9.33. The fraction of sp³-hybridized carbons (Fsp3) is 0.379. The lowest BCUT2D eigenvalue weighted by Crippen LogP contribution is -2.38. The van der Waals surface area contributed by atoms with Gasteiger partial charge in [-0.15, -0.1) is 0 Å². The van der Waals surface area contributed by atoms with Crippen LogP contribution in [0.15, 0.2) is 59.5 Å². The van der Waals surface area contributed by atoms with Crippen molar-refractivity contribution in [1.82, 2.24) is 0 Å². The molecule has 0 aromatic heterocycles. The first kappa shape index (κ1) is 27.7. The molecule has 0 amide bonds. The molecular formula is C29H36O6S. The number of rotatable bonds is 6. The van der Waals surface area contributed by atoms with E-state index < -0.39 is 10.1 Å². The van der Waals surface area contributed by atoms with Gasteiger partial charge in [-0.3, -0.25) is 4.55 Å². The van der Waals surface area contributed by atoms with E-state index in [4.69, 9.17) is 14.0 Å². The standard InChI is InChI=1S/C22H28O3.C7H8O3S/c1-15-16(2)21-19(10-11-22(4,25-21)12-13-23)17(3)20(15)24-14-18-8-6-5-7-9-18;1-6-2-4-7(5-3-6)11(8,9)10/h5-9,23H,10-14H2,1-4H3;2-5H,1H3,(H,8,9,10). The van der Waals surface area contributed by atoms with Crippen molar-refractivity contribution in [2.45, 2.75) is 71.0 Å². The van der Waals surface area contributed by atoms with Gasteiger partial charge in [0, 0.05) is 18.6 Å². The molecule has 0 spiro atoms. The Kier molecular flexibility index (Phi) is 8.82. The summed E-state index contributed by atoms with van der Waals surface area (Å²) in [6.45, 7) is 11.0. The summed E-state index contributed by atoms with van der Waals surface area (Å²) in [4.78, 5) is -0.0666. The molecule has 194 valence electrons. The van der Waals surface area contributed by atoms with Crippen LogP contribution in [0.25, 0.3) is 0 Å². The maximum atomic E-state index is 10.5. The second-order valence-corrected chi connectivity index (χ2v) is 11.0. The zero-order valence-electron chi connectivity index (χ0n) is 21.7. The summed E-state index contributed by atoms with van der Waals surface area (Å²) < 4.78 is 42.1. The number of aliphatic hydroxyl groups excluding tert-OH is 1. The Hall–Kier alpha value is -2.87. The highest BCUT2D eigenvalue weighted by Crippen LogP contribution is 2.44. The molecule has 2 N–H and O–H groups in total. The molecule has 3 aromatic rings. The Bertz CT molecular complexity index is 1280. The molecule has 7 heteroatoms. The van der Waals surface area contributed by atoms with Gasteiger partial charge in [0.05, 0.1) is 4.90 Å². The molecular weight excluding hydrogens is 476 g/mol. The van der Waals surface area contributed by atoms with Crippen LogP contribution in [0, 0.1) is 27.7 Å². The summed E-state index contributed by atoms with van der Waals surface area (Å²) in [5.41, 5.74) is 6.56. The smallest absolute Gasteiger partial charge is 0.294 e. The first-order valence-electron chi connectivity index (χ1n) is 12.1. The number of benzene rings is 3. The Morgan fingerprint density at radius 3 is 2.17 bits per heavy atom. The number of fused-ring (bicyclic) bond motifs is 1. The van der Waals surface area contributed by atoms with Crippen molar-refractivity contribution in [2.75, 3.05) is 6.61 Å². The largest absolute Gasteiger partial charge is 0.488 e. The average Bonchev–Trinajstić information content (AvgIpc) is 2.83. The Labute approximate surface area is 214 Å². The molecule has 6 nitrogen and oxygen atoms in total. The van der Waals surface area contributed by atoms with Gasteiger partial charge in [-0.05, 0) is 81.8 Å². The van der Waals surface area contributed by atoms with Crippen molar-refractivity contribution in [3.05, 3.63) is 88.0 Å². The Morgan fingerprint density at radius 2 is 1.58 bits per heavy atom. The van der Waals surface area contributed by atoms with Crippen LogP contribution in [-0.2, 0) is 23.1 Å². The number of aliphatic hydroxyl groups is 1. The SMILES string of the molecule is Cc1c(C)c2c(c(C)c1OCc1ccccc1)CCC(C)(CCO)O2.Cc1ccc(S(=O)(=O)O)cc1. The molecule has 4 rings (SSSR count). The van der Waals surface area contributed by atoms with Gasteiger partial charge in [0.25, 0.3) is 10.1 Å². The summed E-state index contributed by atoms with van der Waals surface area (Å²) in [5.74, 6) is 1.97. The lowest BCUT2D eigenvalue weighted by Gasteiger charge is -2.38. The van der Waals surface area contributed by atoms with Gasteiger partial charge in [-0.1, -0.05) is 48.0 Å². The average molecular weight is 513 g/mol. The van der Waals surface area contributed by atoms with Crippen molar-refractivity contribution >= 4 is 10.1 Å². The fourth-order valence-electron chi connectivity index (χ4n) is 4.35. The fourth-order valence-corrected chi connectivity index (χ4v) is 4.83. The topological polar surface area (TPSA) is 93.1 Å². The van der Waals surface area contributed by atoms with Crippen LogP contribution in [-0.4, -0.2) is 30.3 Å². The predicted molar refractivity (Wildman–Crippen MR) is 141 cm³/mol. The molecule has 0 saturated heterocycles. The molecule has 1 heterocycles. The van der Waals surface area contributed by atoms with Gasteiger partial charge in [-0.25, -0.2) is 0 Å². The molecule has 1 atom stereocenters. The zero-order valence-corrected chi connectivity index (χ0v) is 22.5. The van der Waals surface area contributed by atoms with Crippen LogP contribution >= 0.6 is 0 Å². The molecule has 1 aliphatic heterocycles. The van der Waals surface area contributed by atoms with Crippen LogP contribution in [0.5, 0.6) is 11.5 Å². The van der Waals surface area contributed by atoms with Crippen LogP contribution in [0.4, 0.5) is 0 Å². The van der Waals surface area contributed by atoms with Crippen molar-refractivity contribution in [3.63, 3.8) is 0 Å². The highest BCUT2D eigenvalue weighted by Gasteiger charge is 2.34. The molecule has 0 saturated carbocycles. The van der Waals surface area contributed by atoms with E-state index in [9.17, 15) is 13.5 Å². The summed E-state index contributed by atoms with van der Waals surface area (Å²) in [6, 6.07) is 16.2. The highest BCUT2D eigenvalue weighted by molar-refractivity contribution is 7.85. The predicted octanol–water partition coefficient (Wildman–Crippen LogP) is 5.90. The molecule has 0 fully saturated rings. The van der Waals surface area contributed by atoms with Crippen LogP contribution in [0.1, 0.15) is 53.1 Å².